The topological polar surface area (TPSA) is 45.3 Å². The smallest absolute Gasteiger partial charge is 0.134 e. The minimum absolute atomic E-state index is 0.0163. The number of hydrogen-bond acceptors (Lipinski definition) is 4. The molecule has 2 atom stereocenters. The lowest BCUT2D eigenvalue weighted by molar-refractivity contribution is 0.102. The Labute approximate surface area is 141 Å². The Morgan fingerprint density at radius 3 is 3.00 bits per heavy atom. The molecule has 2 unspecified atom stereocenters. The Balaban J connectivity index is 1.41. The summed E-state index contributed by atoms with van der Waals surface area (Å²) < 4.78 is 19.6. The van der Waals surface area contributed by atoms with Crippen LogP contribution in [-0.2, 0) is 11.2 Å². The summed E-state index contributed by atoms with van der Waals surface area (Å²) in [4.78, 5) is 0. The van der Waals surface area contributed by atoms with Crippen molar-refractivity contribution in [2.75, 3.05) is 30.3 Å². The summed E-state index contributed by atoms with van der Waals surface area (Å²) in [6.45, 7) is 4.39. The first kappa shape index (κ1) is 15.4. The van der Waals surface area contributed by atoms with Gasteiger partial charge in [0.2, 0.25) is 0 Å². The second-order valence-corrected chi connectivity index (χ2v) is 6.47. The van der Waals surface area contributed by atoms with Crippen molar-refractivity contribution in [1.29, 1.82) is 0 Å². The molecular formula is C19H22FN3O. The molecule has 1 saturated heterocycles. The largest absolute Gasteiger partial charge is 0.383 e. The summed E-state index contributed by atoms with van der Waals surface area (Å²) in [7, 11) is 0. The molecule has 0 spiro atoms. The molecule has 1 fully saturated rings. The Kier molecular flexibility index (Phi) is 4.12. The summed E-state index contributed by atoms with van der Waals surface area (Å²) in [5.41, 5.74) is 5.04. The Morgan fingerprint density at radius 1 is 1.29 bits per heavy atom. The molecule has 2 aromatic carbocycles. The molecule has 2 aromatic rings. The molecule has 0 amide bonds. The van der Waals surface area contributed by atoms with Crippen LogP contribution in [0.1, 0.15) is 22.9 Å². The van der Waals surface area contributed by atoms with Gasteiger partial charge in [0.15, 0.2) is 0 Å². The number of benzene rings is 2. The molecule has 0 saturated carbocycles. The van der Waals surface area contributed by atoms with Gasteiger partial charge in [-0.05, 0) is 42.7 Å². The summed E-state index contributed by atoms with van der Waals surface area (Å²) in [6.07, 6.45) is 0.695. The normalized spacial score (nSPS) is 22.2. The lowest BCUT2D eigenvalue weighted by atomic mass is 10.1. The highest BCUT2D eigenvalue weighted by molar-refractivity contribution is 5.63. The molecule has 2 heterocycles. The molecule has 24 heavy (non-hydrogen) atoms. The quantitative estimate of drug-likeness (QED) is 0.807. The molecule has 0 aliphatic carbocycles. The van der Waals surface area contributed by atoms with Crippen molar-refractivity contribution in [3.05, 3.63) is 58.9 Å². The van der Waals surface area contributed by atoms with Crippen molar-refractivity contribution in [3.63, 3.8) is 0 Å². The van der Waals surface area contributed by atoms with E-state index in [2.05, 4.69) is 28.1 Å². The van der Waals surface area contributed by atoms with Gasteiger partial charge in [-0.3, -0.25) is 5.32 Å². The van der Waals surface area contributed by atoms with Crippen molar-refractivity contribution in [1.82, 2.24) is 5.32 Å². The Hall–Kier alpha value is -2.11. The van der Waals surface area contributed by atoms with Gasteiger partial charge >= 0.3 is 0 Å². The molecule has 4 nitrogen and oxygen atoms in total. The molecule has 3 N–H and O–H groups in total. The second-order valence-electron chi connectivity index (χ2n) is 6.47. The fourth-order valence-corrected chi connectivity index (χ4v) is 3.46. The van der Waals surface area contributed by atoms with E-state index in [0.717, 1.165) is 47.8 Å². The van der Waals surface area contributed by atoms with E-state index >= 15 is 0 Å². The van der Waals surface area contributed by atoms with E-state index in [0.29, 0.717) is 6.42 Å². The highest BCUT2D eigenvalue weighted by atomic mass is 19.1. The third kappa shape index (κ3) is 2.97. The maximum Gasteiger partial charge on any atom is 0.134 e. The minimum atomic E-state index is -0.114. The fourth-order valence-electron chi connectivity index (χ4n) is 3.46. The number of fused-ring (bicyclic) bond motifs is 1. The van der Waals surface area contributed by atoms with Crippen LogP contribution in [0.5, 0.6) is 0 Å². The van der Waals surface area contributed by atoms with E-state index in [1.165, 1.54) is 0 Å². The van der Waals surface area contributed by atoms with Crippen LogP contribution in [0.4, 0.5) is 15.8 Å². The van der Waals surface area contributed by atoms with Crippen molar-refractivity contribution in [3.8, 4) is 0 Å². The van der Waals surface area contributed by atoms with Gasteiger partial charge in [0.25, 0.3) is 0 Å². The minimum Gasteiger partial charge on any atom is -0.383 e. The maximum atomic E-state index is 14.0. The highest BCUT2D eigenvalue weighted by Gasteiger charge is 2.25. The number of hydrogen-bond donors (Lipinski definition) is 3. The maximum absolute atomic E-state index is 14.0. The van der Waals surface area contributed by atoms with Crippen LogP contribution in [-0.4, -0.2) is 25.7 Å². The number of anilines is 2. The molecule has 0 bridgehead atoms. The molecule has 5 heteroatoms. The second kappa shape index (κ2) is 6.42. The van der Waals surface area contributed by atoms with Crippen LogP contribution in [0.15, 0.2) is 36.4 Å². The fraction of sp³-hybridized carbons (Fsp3) is 0.368. The van der Waals surface area contributed by atoms with Crippen molar-refractivity contribution in [2.24, 2.45) is 0 Å². The van der Waals surface area contributed by atoms with Crippen LogP contribution >= 0.6 is 0 Å². The molecule has 126 valence electrons. The van der Waals surface area contributed by atoms with Gasteiger partial charge in [0.1, 0.15) is 12.0 Å². The highest BCUT2D eigenvalue weighted by Crippen LogP contribution is 2.31. The Bertz CT molecular complexity index is 712. The number of rotatable bonds is 4. The molecular weight excluding hydrogens is 305 g/mol. The van der Waals surface area contributed by atoms with E-state index < -0.39 is 0 Å². The van der Waals surface area contributed by atoms with E-state index in [1.807, 2.05) is 25.1 Å². The average molecular weight is 327 g/mol. The van der Waals surface area contributed by atoms with Gasteiger partial charge in [-0.2, -0.15) is 0 Å². The number of aryl methyl sites for hydroxylation is 1. The van der Waals surface area contributed by atoms with Gasteiger partial charge in [-0.1, -0.05) is 18.2 Å². The van der Waals surface area contributed by atoms with Gasteiger partial charge in [-0.25, -0.2) is 4.39 Å². The number of ether oxygens (including phenoxy) is 1. The van der Waals surface area contributed by atoms with E-state index in [4.69, 9.17) is 4.74 Å². The van der Waals surface area contributed by atoms with Crippen LogP contribution < -0.4 is 16.0 Å². The summed E-state index contributed by atoms with van der Waals surface area (Å²) in [5.74, 6) is -0.114. The molecule has 2 aliphatic rings. The molecule has 2 aliphatic heterocycles. The monoisotopic (exact) mass is 327 g/mol. The Morgan fingerprint density at radius 2 is 2.21 bits per heavy atom. The van der Waals surface area contributed by atoms with Gasteiger partial charge in [0.05, 0.1) is 6.61 Å². The first-order valence-corrected chi connectivity index (χ1v) is 8.44. The SMILES string of the molecule is Cc1ccc(F)c2c1NC(CNc1cccc(C3NCCO3)c1)C2. The summed E-state index contributed by atoms with van der Waals surface area (Å²) in [6, 6.07) is 11.8. The molecule has 0 aromatic heterocycles. The first-order valence-electron chi connectivity index (χ1n) is 8.44. The van der Waals surface area contributed by atoms with E-state index in [1.54, 1.807) is 6.07 Å². The average Bonchev–Trinajstić information content (AvgIpc) is 3.27. The molecule has 4 rings (SSSR count). The predicted molar refractivity (Wildman–Crippen MR) is 93.9 cm³/mol. The van der Waals surface area contributed by atoms with Gasteiger partial charge < -0.3 is 15.4 Å². The lowest BCUT2D eigenvalue weighted by Gasteiger charge is -2.16. The van der Waals surface area contributed by atoms with Gasteiger partial charge in [0, 0.05) is 36.1 Å². The van der Waals surface area contributed by atoms with Crippen molar-refractivity contribution in [2.45, 2.75) is 25.6 Å². The van der Waals surface area contributed by atoms with E-state index in [9.17, 15) is 4.39 Å². The zero-order chi connectivity index (χ0) is 16.5. The summed E-state index contributed by atoms with van der Waals surface area (Å²) in [5, 5.41) is 10.2. The van der Waals surface area contributed by atoms with Crippen molar-refractivity contribution < 1.29 is 9.13 Å². The third-order valence-corrected chi connectivity index (χ3v) is 4.72. The number of halogens is 1. The third-order valence-electron chi connectivity index (χ3n) is 4.72. The number of nitrogens with one attached hydrogen (secondary N) is 3. The predicted octanol–water partition coefficient (Wildman–Crippen LogP) is 3.20. The molecule has 0 radical (unpaired) electrons. The van der Waals surface area contributed by atoms with E-state index in [-0.39, 0.29) is 18.1 Å². The lowest BCUT2D eigenvalue weighted by Crippen LogP contribution is -2.26. The van der Waals surface area contributed by atoms with Crippen LogP contribution in [0.2, 0.25) is 0 Å². The van der Waals surface area contributed by atoms with Gasteiger partial charge in [-0.15, -0.1) is 0 Å². The van der Waals surface area contributed by atoms with Crippen LogP contribution in [0.3, 0.4) is 0 Å². The van der Waals surface area contributed by atoms with Crippen LogP contribution in [0.25, 0.3) is 0 Å². The van der Waals surface area contributed by atoms with Crippen molar-refractivity contribution >= 4 is 11.4 Å². The first-order chi connectivity index (χ1) is 11.7. The zero-order valence-corrected chi connectivity index (χ0v) is 13.7. The standard InChI is InChI=1S/C19H22FN3O/c1-12-5-6-17(20)16-10-15(23-18(12)16)11-22-14-4-2-3-13(9-14)19-21-7-8-24-19/h2-6,9,15,19,21-23H,7-8,10-11H2,1H3. The zero-order valence-electron chi connectivity index (χ0n) is 13.7. The summed E-state index contributed by atoms with van der Waals surface area (Å²) >= 11 is 0. The van der Waals surface area contributed by atoms with Crippen LogP contribution in [0, 0.1) is 12.7 Å².